The van der Waals surface area contributed by atoms with Gasteiger partial charge >= 0.3 is 11.9 Å². The molecule has 1 aromatic carbocycles. The van der Waals surface area contributed by atoms with Gasteiger partial charge in [0.1, 0.15) is 42.8 Å². The lowest BCUT2D eigenvalue weighted by molar-refractivity contribution is -0.147. The minimum Gasteiger partial charge on any atom is -0.463 e. The van der Waals surface area contributed by atoms with Crippen LogP contribution in [0.2, 0.25) is 0 Å². The summed E-state index contributed by atoms with van der Waals surface area (Å²) < 4.78 is 28.0. The second kappa shape index (κ2) is 39.8. The maximum absolute atomic E-state index is 12.5. The second-order valence-corrected chi connectivity index (χ2v) is 18.1. The van der Waals surface area contributed by atoms with Crippen molar-refractivity contribution in [2.75, 3.05) is 70.8 Å². The average Bonchev–Trinajstić information content (AvgIpc) is 3.67. The van der Waals surface area contributed by atoms with Crippen LogP contribution in [0.3, 0.4) is 0 Å². The number of hydrogen-bond donors (Lipinski definition) is 0. The van der Waals surface area contributed by atoms with Gasteiger partial charge < -0.3 is 38.2 Å². The second-order valence-electron chi connectivity index (χ2n) is 17.1. The highest BCUT2D eigenvalue weighted by atomic mass is 32.1. The quantitative estimate of drug-likeness (QED) is 0.0201. The van der Waals surface area contributed by atoms with E-state index in [1.165, 1.54) is 64.2 Å². The van der Waals surface area contributed by atoms with Crippen molar-refractivity contribution in [3.05, 3.63) is 64.1 Å². The molecule has 2 unspecified atom stereocenters. The number of thiophene rings is 1. The van der Waals surface area contributed by atoms with E-state index in [4.69, 9.17) is 23.7 Å². The Labute approximate surface area is 416 Å². The summed E-state index contributed by atoms with van der Waals surface area (Å²) in [6, 6.07) is 9.96. The van der Waals surface area contributed by atoms with Crippen molar-refractivity contribution < 1.29 is 42.9 Å². The van der Waals surface area contributed by atoms with Crippen LogP contribution in [0, 0.1) is 48.3 Å². The molecule has 0 N–H and O–H groups in total. The van der Waals surface area contributed by atoms with Crippen molar-refractivity contribution in [3.63, 3.8) is 0 Å². The highest BCUT2D eigenvalue weighted by Crippen LogP contribution is 2.36. The molecule has 1 heterocycles. The number of aryl methyl sites for hydroxylation is 1. The molecule has 2 atom stereocenters. The lowest BCUT2D eigenvalue weighted by Crippen LogP contribution is -2.31. The van der Waals surface area contributed by atoms with Crippen molar-refractivity contribution in [1.29, 1.82) is 10.5 Å². The average molecular weight is 974 g/mol. The molecule has 2 rings (SSSR count). The van der Waals surface area contributed by atoms with E-state index >= 15 is 0 Å². The third kappa shape index (κ3) is 27.7. The fraction of sp³-hybridized carbons (Fsp3) is 0.630. The maximum Gasteiger partial charge on any atom is 0.306 e. The number of azo groups is 1. The van der Waals surface area contributed by atoms with Crippen LogP contribution in [-0.4, -0.2) is 90.5 Å². The first kappa shape index (κ1) is 60.1. The summed E-state index contributed by atoms with van der Waals surface area (Å²) in [7, 11) is 0. The van der Waals surface area contributed by atoms with Gasteiger partial charge in [-0.25, -0.2) is 0 Å². The number of nitrogens with zero attached hydrogens (tertiary/aromatic N) is 5. The number of nitriles is 2. The van der Waals surface area contributed by atoms with Gasteiger partial charge in [-0.15, -0.1) is 21.6 Å². The number of allylic oxidation sites excluding steroid dienone is 4. The van der Waals surface area contributed by atoms with Crippen molar-refractivity contribution in [1.82, 2.24) is 0 Å². The molecule has 15 heteroatoms. The smallest absolute Gasteiger partial charge is 0.306 e. The van der Waals surface area contributed by atoms with Crippen LogP contribution < -0.4 is 4.90 Å². The van der Waals surface area contributed by atoms with Crippen LogP contribution in [0.25, 0.3) is 0 Å². The van der Waals surface area contributed by atoms with E-state index in [0.29, 0.717) is 79.1 Å². The van der Waals surface area contributed by atoms with Crippen LogP contribution in [-0.2, 0) is 42.9 Å². The fourth-order valence-electron chi connectivity index (χ4n) is 7.21. The van der Waals surface area contributed by atoms with E-state index in [1.54, 1.807) is 6.92 Å². The van der Waals surface area contributed by atoms with E-state index < -0.39 is 23.8 Å². The Hall–Kier alpha value is -5.06. The van der Waals surface area contributed by atoms with Gasteiger partial charge in [0.15, 0.2) is 5.00 Å². The van der Waals surface area contributed by atoms with Crippen LogP contribution in [0.4, 0.5) is 16.4 Å². The summed E-state index contributed by atoms with van der Waals surface area (Å²) in [6.07, 6.45) is 27.7. The van der Waals surface area contributed by atoms with Gasteiger partial charge in [-0.3, -0.25) is 9.59 Å². The Bertz CT molecular complexity index is 1930. The Balaban J connectivity index is 1.82. The number of ether oxygens (including phenoxy) is 5. The number of carbonyl (C=O) groups excluding carboxylic acids is 4. The summed E-state index contributed by atoms with van der Waals surface area (Å²) in [5, 5.41) is 28.1. The monoisotopic (exact) mass is 974 g/mol. The largest absolute Gasteiger partial charge is 0.463 e. The lowest BCUT2D eigenvalue weighted by atomic mass is 10.0. The molecular weight excluding hydrogens is 895 g/mol. The summed E-state index contributed by atoms with van der Waals surface area (Å²) in [4.78, 5) is 50.5. The standard InChI is InChI=1S/C54H79N5O9S/c1-5-7-9-11-13-15-16-18-20-22-24-46(42-60)38-52(62)67-35-33-65-30-28-59(48-25-26-50(44(3)37-48)57-58-54-49(40-55)45(4)51(41-56)69-54)27-29-64-31-32-66-34-36-68-53(63)39-47(43-61)23-21-19-17-14-12-10-8-6-2/h19-22,25-26,37,42-43,46-47H,5-18,23-24,27-36,38-39H2,1-4H3/b21-19+,22-20+,58-57?. The Morgan fingerprint density at radius 3 is 1.62 bits per heavy atom. The van der Waals surface area contributed by atoms with Gasteiger partial charge in [0.25, 0.3) is 0 Å². The molecule has 0 bridgehead atoms. The zero-order valence-electron chi connectivity index (χ0n) is 42.0. The number of esters is 2. The summed E-state index contributed by atoms with van der Waals surface area (Å²) >= 11 is 1.13. The van der Waals surface area contributed by atoms with E-state index in [1.807, 2.05) is 37.3 Å². The highest BCUT2D eigenvalue weighted by Gasteiger charge is 2.17. The van der Waals surface area contributed by atoms with E-state index in [0.717, 1.165) is 60.8 Å². The molecule has 0 aliphatic rings. The number of rotatable bonds is 42. The first-order valence-electron chi connectivity index (χ1n) is 25.2. The third-order valence-corrected chi connectivity index (χ3v) is 12.5. The van der Waals surface area contributed by atoms with Crippen molar-refractivity contribution >= 4 is 52.2 Å². The molecule has 14 nitrogen and oxygen atoms in total. The molecule has 1 aromatic heterocycles. The molecular formula is C54H79N5O9S. The number of benzene rings is 1. The maximum atomic E-state index is 12.5. The number of anilines is 1. The predicted octanol–water partition coefficient (Wildman–Crippen LogP) is 12.3. The summed E-state index contributed by atoms with van der Waals surface area (Å²) in [5.41, 5.74) is 3.28. The van der Waals surface area contributed by atoms with Gasteiger partial charge in [0.2, 0.25) is 0 Å². The summed E-state index contributed by atoms with van der Waals surface area (Å²) in [5.74, 6) is -1.67. The Morgan fingerprint density at radius 2 is 1.14 bits per heavy atom. The van der Waals surface area contributed by atoms with Gasteiger partial charge in [0.05, 0.1) is 63.7 Å². The van der Waals surface area contributed by atoms with Crippen LogP contribution in [0.1, 0.15) is 151 Å². The molecule has 380 valence electrons. The highest BCUT2D eigenvalue weighted by molar-refractivity contribution is 7.16. The molecule has 0 fully saturated rings. The molecule has 69 heavy (non-hydrogen) atoms. The molecule has 0 aliphatic carbocycles. The topological polar surface area (TPSA) is 190 Å². The van der Waals surface area contributed by atoms with Gasteiger partial charge in [-0.1, -0.05) is 102 Å². The summed E-state index contributed by atoms with van der Waals surface area (Å²) in [6.45, 7) is 11.0. The Morgan fingerprint density at radius 1 is 0.652 bits per heavy atom. The molecule has 0 aliphatic heterocycles. The van der Waals surface area contributed by atoms with Crippen molar-refractivity contribution in [2.24, 2.45) is 22.1 Å². The zero-order chi connectivity index (χ0) is 50.2. The number of carbonyl (C=O) groups is 4. The first-order valence-corrected chi connectivity index (χ1v) is 26.0. The van der Waals surface area contributed by atoms with E-state index in [2.05, 4.69) is 53.3 Å². The molecule has 0 spiro atoms. The van der Waals surface area contributed by atoms with Crippen LogP contribution in [0.15, 0.2) is 52.7 Å². The number of aldehydes is 2. The molecule has 0 saturated heterocycles. The Kier molecular flexibility index (Phi) is 34.6. The van der Waals surface area contributed by atoms with Gasteiger partial charge in [-0.2, -0.15) is 10.5 Å². The minimum absolute atomic E-state index is 0.0281. The van der Waals surface area contributed by atoms with Crippen molar-refractivity contribution in [3.8, 4) is 12.1 Å². The van der Waals surface area contributed by atoms with Crippen LogP contribution >= 0.6 is 11.3 Å². The minimum atomic E-state index is -0.429. The molecule has 0 amide bonds. The lowest BCUT2D eigenvalue weighted by Gasteiger charge is -2.25. The number of unbranched alkanes of at least 4 members (excludes halogenated alkanes) is 12. The zero-order valence-corrected chi connectivity index (χ0v) is 42.8. The molecule has 0 radical (unpaired) electrons. The van der Waals surface area contributed by atoms with Crippen molar-refractivity contribution in [2.45, 2.75) is 143 Å². The predicted molar refractivity (Wildman–Crippen MR) is 272 cm³/mol. The fourth-order valence-corrected chi connectivity index (χ4v) is 8.09. The van der Waals surface area contributed by atoms with E-state index in [9.17, 15) is 29.7 Å². The van der Waals surface area contributed by atoms with Gasteiger partial charge in [0, 0.05) is 30.6 Å². The molecule has 2 aromatic rings. The van der Waals surface area contributed by atoms with Gasteiger partial charge in [-0.05, 0) is 81.7 Å². The normalized spacial score (nSPS) is 12.3. The number of hydrogen-bond acceptors (Lipinski definition) is 15. The van der Waals surface area contributed by atoms with Crippen LogP contribution in [0.5, 0.6) is 0 Å². The third-order valence-electron chi connectivity index (χ3n) is 11.4. The first-order chi connectivity index (χ1) is 33.7. The van der Waals surface area contributed by atoms with E-state index in [-0.39, 0.29) is 39.3 Å². The SMILES string of the molecule is CCCCCCC/C=C/CC(C=O)CC(=O)OCCOCCOCCN(CCOCCOC(=O)CC(C=O)C/C=C/CCCCCCCCC)c1ccc(N=Nc2sc(C#N)c(C)c2C#N)c(C)c1. The molecule has 0 saturated carbocycles.